The molecule has 1 aromatic rings. The summed E-state index contributed by atoms with van der Waals surface area (Å²) in [6.07, 6.45) is 4.53. The third-order valence-electron chi connectivity index (χ3n) is 3.14. The lowest BCUT2D eigenvalue weighted by Crippen LogP contribution is -2.24. The summed E-state index contributed by atoms with van der Waals surface area (Å²) < 4.78 is 0. The van der Waals surface area contributed by atoms with Crippen molar-refractivity contribution >= 4 is 29.6 Å². The zero-order valence-corrected chi connectivity index (χ0v) is 13.3. The van der Waals surface area contributed by atoms with E-state index in [-0.39, 0.29) is 0 Å². The number of thioether (sulfide) groups is 1. The van der Waals surface area contributed by atoms with Gasteiger partial charge in [-0.2, -0.15) is 26.7 Å². The maximum atomic E-state index is 4.56. The molecule has 0 radical (unpaired) electrons. The maximum Gasteiger partial charge on any atom is 0.231 e. The van der Waals surface area contributed by atoms with E-state index in [4.69, 9.17) is 0 Å². The highest BCUT2D eigenvalue weighted by Gasteiger charge is 2.17. The lowest BCUT2D eigenvalue weighted by atomic mass is 10.4. The molecule has 20 heavy (non-hydrogen) atoms. The second kappa shape index (κ2) is 7.52. The molecule has 112 valence electrons. The minimum Gasteiger partial charge on any atom is -0.354 e. The minimum absolute atomic E-state index is 0.341. The third-order valence-corrected chi connectivity index (χ3v) is 3.97. The van der Waals surface area contributed by atoms with Gasteiger partial charge in [-0.25, -0.2) is 0 Å². The van der Waals surface area contributed by atoms with Crippen molar-refractivity contribution in [3.05, 3.63) is 0 Å². The molecule has 1 fully saturated rings. The molecule has 2 heterocycles. The van der Waals surface area contributed by atoms with Crippen LogP contribution in [0.1, 0.15) is 26.7 Å². The van der Waals surface area contributed by atoms with Crippen LogP contribution in [0.25, 0.3) is 0 Å². The quantitative estimate of drug-likeness (QED) is 0.798. The Morgan fingerprint density at radius 1 is 1.20 bits per heavy atom. The van der Waals surface area contributed by atoms with Gasteiger partial charge in [-0.1, -0.05) is 0 Å². The molecule has 7 heteroatoms. The van der Waals surface area contributed by atoms with E-state index >= 15 is 0 Å². The molecule has 6 nitrogen and oxygen atoms in total. The highest BCUT2D eigenvalue weighted by molar-refractivity contribution is 7.98. The summed E-state index contributed by atoms with van der Waals surface area (Å²) in [4.78, 5) is 15.7. The van der Waals surface area contributed by atoms with Gasteiger partial charge in [-0.15, -0.1) is 0 Å². The van der Waals surface area contributed by atoms with Crippen molar-refractivity contribution in [2.45, 2.75) is 32.7 Å². The van der Waals surface area contributed by atoms with Gasteiger partial charge in [0, 0.05) is 31.4 Å². The lowest BCUT2D eigenvalue weighted by Gasteiger charge is -2.18. The molecule has 1 unspecified atom stereocenters. The van der Waals surface area contributed by atoms with Crippen LogP contribution in [0.4, 0.5) is 17.8 Å². The fourth-order valence-corrected chi connectivity index (χ4v) is 2.82. The number of anilines is 3. The van der Waals surface area contributed by atoms with Gasteiger partial charge in [0.1, 0.15) is 0 Å². The summed E-state index contributed by atoms with van der Waals surface area (Å²) in [5, 5.41) is 6.54. The zero-order valence-electron chi connectivity index (χ0n) is 12.5. The Kier molecular flexibility index (Phi) is 5.70. The summed E-state index contributed by atoms with van der Waals surface area (Å²) in [5.41, 5.74) is 0. The predicted molar refractivity (Wildman–Crippen MR) is 86.9 cm³/mol. The Hall–Kier alpha value is -1.24. The second-order valence-electron chi connectivity index (χ2n) is 5.01. The van der Waals surface area contributed by atoms with Crippen LogP contribution in [-0.4, -0.2) is 52.6 Å². The molecule has 1 saturated heterocycles. The molecule has 1 aliphatic rings. The van der Waals surface area contributed by atoms with Crippen LogP contribution in [0.5, 0.6) is 0 Å². The lowest BCUT2D eigenvalue weighted by molar-refractivity contribution is 0.847. The molecule has 0 spiro atoms. The van der Waals surface area contributed by atoms with E-state index < -0.39 is 0 Å². The summed E-state index contributed by atoms with van der Waals surface area (Å²) >= 11 is 1.81. The molecule has 1 aliphatic heterocycles. The molecule has 0 saturated carbocycles. The van der Waals surface area contributed by atoms with Crippen LogP contribution < -0.4 is 15.5 Å². The zero-order chi connectivity index (χ0) is 14.4. The van der Waals surface area contributed by atoms with E-state index in [0.29, 0.717) is 17.9 Å². The van der Waals surface area contributed by atoms with Gasteiger partial charge in [0.15, 0.2) is 0 Å². The van der Waals surface area contributed by atoms with Crippen molar-refractivity contribution in [2.75, 3.05) is 47.2 Å². The first-order valence-electron chi connectivity index (χ1n) is 7.23. The molecule has 0 aromatic carbocycles. The van der Waals surface area contributed by atoms with E-state index in [1.807, 2.05) is 18.7 Å². The van der Waals surface area contributed by atoms with E-state index in [1.165, 1.54) is 12.8 Å². The summed E-state index contributed by atoms with van der Waals surface area (Å²) in [5.74, 6) is 3.14. The van der Waals surface area contributed by atoms with Crippen molar-refractivity contribution in [1.29, 1.82) is 0 Å². The van der Waals surface area contributed by atoms with Gasteiger partial charge in [0.25, 0.3) is 0 Å². The van der Waals surface area contributed by atoms with E-state index in [9.17, 15) is 0 Å². The standard InChI is InChI=1S/C13H24N6S/c1-4-14-11-16-12(15-10(2)9-20-3)18-13(17-11)19-7-5-6-8-19/h10H,4-9H2,1-3H3,(H2,14,15,16,17,18). The molecule has 1 aromatic heterocycles. The summed E-state index contributed by atoms with van der Waals surface area (Å²) in [7, 11) is 0. The number of hydrogen-bond acceptors (Lipinski definition) is 7. The monoisotopic (exact) mass is 296 g/mol. The molecule has 0 aliphatic carbocycles. The van der Waals surface area contributed by atoms with E-state index in [2.05, 4.69) is 43.7 Å². The third kappa shape index (κ3) is 4.13. The summed E-state index contributed by atoms with van der Waals surface area (Å²) in [6, 6.07) is 0.341. The normalized spacial score (nSPS) is 16.2. The topological polar surface area (TPSA) is 66.0 Å². The highest BCUT2D eigenvalue weighted by Crippen LogP contribution is 2.19. The van der Waals surface area contributed by atoms with Crippen LogP contribution >= 0.6 is 11.8 Å². The first-order chi connectivity index (χ1) is 9.72. The molecule has 0 amide bonds. The maximum absolute atomic E-state index is 4.56. The van der Waals surface area contributed by atoms with Gasteiger partial charge in [-0.05, 0) is 32.9 Å². The van der Waals surface area contributed by atoms with Crippen molar-refractivity contribution in [3.63, 3.8) is 0 Å². The molecule has 2 N–H and O–H groups in total. The number of aromatic nitrogens is 3. The largest absolute Gasteiger partial charge is 0.354 e. The van der Waals surface area contributed by atoms with Crippen molar-refractivity contribution in [2.24, 2.45) is 0 Å². The van der Waals surface area contributed by atoms with Crippen molar-refractivity contribution in [1.82, 2.24) is 15.0 Å². The fraction of sp³-hybridized carbons (Fsp3) is 0.769. The average molecular weight is 296 g/mol. The van der Waals surface area contributed by atoms with Crippen LogP contribution in [0.2, 0.25) is 0 Å². The van der Waals surface area contributed by atoms with Gasteiger partial charge in [0.05, 0.1) is 0 Å². The number of hydrogen-bond donors (Lipinski definition) is 2. The number of nitrogens with zero attached hydrogens (tertiary/aromatic N) is 4. The Morgan fingerprint density at radius 2 is 1.90 bits per heavy atom. The Labute approximate surface area is 125 Å². The Bertz CT molecular complexity index is 421. The Balaban J connectivity index is 2.16. The molecular weight excluding hydrogens is 272 g/mol. The first-order valence-corrected chi connectivity index (χ1v) is 8.62. The molecule has 2 rings (SSSR count). The van der Waals surface area contributed by atoms with E-state index in [0.717, 1.165) is 31.3 Å². The highest BCUT2D eigenvalue weighted by atomic mass is 32.2. The molecule has 1 atom stereocenters. The van der Waals surface area contributed by atoms with Crippen LogP contribution in [0.15, 0.2) is 0 Å². The summed E-state index contributed by atoms with van der Waals surface area (Å²) in [6.45, 7) is 7.07. The van der Waals surface area contributed by atoms with Crippen LogP contribution in [-0.2, 0) is 0 Å². The van der Waals surface area contributed by atoms with Gasteiger partial charge >= 0.3 is 0 Å². The first kappa shape index (κ1) is 15.2. The number of nitrogens with one attached hydrogen (secondary N) is 2. The van der Waals surface area contributed by atoms with Gasteiger partial charge in [-0.3, -0.25) is 0 Å². The number of rotatable bonds is 7. The van der Waals surface area contributed by atoms with Crippen LogP contribution in [0, 0.1) is 0 Å². The Morgan fingerprint density at radius 3 is 2.55 bits per heavy atom. The van der Waals surface area contributed by atoms with Crippen molar-refractivity contribution < 1.29 is 0 Å². The average Bonchev–Trinajstić information content (AvgIpc) is 2.93. The van der Waals surface area contributed by atoms with E-state index in [1.54, 1.807) is 0 Å². The molecular formula is C13H24N6S. The molecule has 0 bridgehead atoms. The predicted octanol–water partition coefficient (Wildman–Crippen LogP) is 2.07. The fourth-order valence-electron chi connectivity index (χ4n) is 2.24. The minimum atomic E-state index is 0.341. The smallest absolute Gasteiger partial charge is 0.231 e. The second-order valence-corrected chi connectivity index (χ2v) is 5.92. The van der Waals surface area contributed by atoms with Crippen LogP contribution in [0.3, 0.4) is 0 Å². The van der Waals surface area contributed by atoms with Crippen molar-refractivity contribution in [3.8, 4) is 0 Å². The van der Waals surface area contributed by atoms with Gasteiger partial charge in [0.2, 0.25) is 17.8 Å². The van der Waals surface area contributed by atoms with Gasteiger partial charge < -0.3 is 15.5 Å². The SMILES string of the molecule is CCNc1nc(NC(C)CSC)nc(N2CCCC2)n1.